The van der Waals surface area contributed by atoms with Gasteiger partial charge < -0.3 is 15.0 Å². The summed E-state index contributed by atoms with van der Waals surface area (Å²) in [4.78, 5) is 14.2. The van der Waals surface area contributed by atoms with Gasteiger partial charge in [0.15, 0.2) is 0 Å². The average Bonchev–Trinajstić information content (AvgIpc) is 2.56. The van der Waals surface area contributed by atoms with Crippen LogP contribution in [0.15, 0.2) is 48.5 Å². The lowest BCUT2D eigenvalue weighted by Gasteiger charge is -2.27. The normalized spacial score (nSPS) is 13.2. The molecule has 0 unspecified atom stereocenters. The van der Waals surface area contributed by atoms with E-state index in [4.69, 9.17) is 4.74 Å². The van der Waals surface area contributed by atoms with E-state index in [2.05, 4.69) is 19.4 Å². The molecule has 0 atom stereocenters. The molecule has 0 saturated heterocycles. The van der Waals surface area contributed by atoms with E-state index in [1.54, 1.807) is 0 Å². The Balaban J connectivity index is 1.82. The fourth-order valence-corrected chi connectivity index (χ4v) is 2.95. The van der Waals surface area contributed by atoms with Gasteiger partial charge in [0, 0.05) is 24.1 Å². The Bertz CT molecular complexity index is 652. The zero-order valence-electron chi connectivity index (χ0n) is 13.6. The van der Waals surface area contributed by atoms with E-state index in [9.17, 15) is 4.79 Å². The molecule has 1 aliphatic rings. The molecule has 0 aromatic heterocycles. The number of amides is 1. The van der Waals surface area contributed by atoms with Crippen molar-refractivity contribution in [3.8, 4) is 11.5 Å². The lowest BCUT2D eigenvalue weighted by Crippen LogP contribution is -3.05. The number of hydrogen-bond donors (Lipinski definition) is 2. The van der Waals surface area contributed by atoms with Crippen LogP contribution in [0, 0.1) is 0 Å². The van der Waals surface area contributed by atoms with Crippen LogP contribution in [0.1, 0.15) is 23.5 Å². The SMILES string of the molecule is C[NH+](C)CCCNC(=O)C1c2ccccc2Oc2ccccc21. The zero-order valence-corrected chi connectivity index (χ0v) is 13.6. The van der Waals surface area contributed by atoms with Crippen LogP contribution < -0.4 is 15.0 Å². The molecule has 0 bridgehead atoms. The van der Waals surface area contributed by atoms with Gasteiger partial charge in [-0.1, -0.05) is 36.4 Å². The van der Waals surface area contributed by atoms with E-state index in [0.717, 1.165) is 35.6 Å². The van der Waals surface area contributed by atoms with E-state index < -0.39 is 0 Å². The van der Waals surface area contributed by atoms with Crippen LogP contribution in [0.2, 0.25) is 0 Å². The molecular weight excluding hydrogens is 288 g/mol. The van der Waals surface area contributed by atoms with E-state index in [1.807, 2.05) is 48.5 Å². The topological polar surface area (TPSA) is 42.8 Å². The van der Waals surface area contributed by atoms with Crippen molar-refractivity contribution >= 4 is 5.91 Å². The van der Waals surface area contributed by atoms with Crippen molar-refractivity contribution in [3.05, 3.63) is 59.7 Å². The molecule has 2 N–H and O–H groups in total. The Morgan fingerprint density at radius 2 is 1.61 bits per heavy atom. The largest absolute Gasteiger partial charge is 0.457 e. The maximum Gasteiger partial charge on any atom is 0.232 e. The first-order valence-corrected chi connectivity index (χ1v) is 8.09. The van der Waals surface area contributed by atoms with E-state index in [-0.39, 0.29) is 11.8 Å². The summed E-state index contributed by atoms with van der Waals surface area (Å²) in [7, 11) is 4.24. The lowest BCUT2D eigenvalue weighted by molar-refractivity contribution is -0.858. The number of fused-ring (bicyclic) bond motifs is 2. The quantitative estimate of drug-likeness (QED) is 0.823. The van der Waals surface area contributed by atoms with Gasteiger partial charge in [-0.15, -0.1) is 0 Å². The van der Waals surface area contributed by atoms with E-state index in [1.165, 1.54) is 4.90 Å². The van der Waals surface area contributed by atoms with Gasteiger partial charge in [0.2, 0.25) is 5.91 Å². The summed E-state index contributed by atoms with van der Waals surface area (Å²) in [6.45, 7) is 1.74. The maximum absolute atomic E-state index is 12.8. The monoisotopic (exact) mass is 311 g/mol. The first kappa shape index (κ1) is 15.6. The minimum absolute atomic E-state index is 0.0435. The van der Waals surface area contributed by atoms with Gasteiger partial charge in [-0.2, -0.15) is 0 Å². The van der Waals surface area contributed by atoms with Gasteiger partial charge in [0.25, 0.3) is 0 Å². The first-order chi connectivity index (χ1) is 11.2. The predicted molar refractivity (Wildman–Crippen MR) is 90.1 cm³/mol. The highest BCUT2D eigenvalue weighted by atomic mass is 16.5. The molecule has 4 heteroatoms. The van der Waals surface area contributed by atoms with Crippen molar-refractivity contribution in [2.24, 2.45) is 0 Å². The standard InChI is InChI=1S/C19H22N2O2/c1-21(2)13-7-12-20-19(22)18-14-8-3-5-10-16(14)23-17-11-6-4-9-15(17)18/h3-6,8-11,18H,7,12-13H2,1-2H3,(H,20,22)/p+1. The molecule has 1 amide bonds. The predicted octanol–water partition coefficient (Wildman–Crippen LogP) is 1.57. The van der Waals surface area contributed by atoms with Gasteiger partial charge in [0.1, 0.15) is 11.5 Å². The van der Waals surface area contributed by atoms with Crippen LogP contribution >= 0.6 is 0 Å². The Hall–Kier alpha value is -2.33. The average molecular weight is 311 g/mol. The van der Waals surface area contributed by atoms with Crippen molar-refractivity contribution in [3.63, 3.8) is 0 Å². The third kappa shape index (κ3) is 3.37. The molecule has 1 aliphatic heterocycles. The highest BCUT2D eigenvalue weighted by molar-refractivity contribution is 5.89. The third-order valence-electron chi connectivity index (χ3n) is 4.09. The number of benzene rings is 2. The molecule has 23 heavy (non-hydrogen) atoms. The molecule has 120 valence electrons. The molecule has 0 radical (unpaired) electrons. The summed E-state index contributed by atoms with van der Waals surface area (Å²) < 4.78 is 5.93. The zero-order chi connectivity index (χ0) is 16.2. The minimum atomic E-state index is -0.303. The molecule has 3 rings (SSSR count). The Labute approximate surface area is 137 Å². The summed E-state index contributed by atoms with van der Waals surface area (Å²) in [6, 6.07) is 15.5. The first-order valence-electron chi connectivity index (χ1n) is 8.09. The van der Waals surface area contributed by atoms with Crippen molar-refractivity contribution in [1.29, 1.82) is 0 Å². The number of nitrogens with one attached hydrogen (secondary N) is 2. The fourth-order valence-electron chi connectivity index (χ4n) is 2.95. The second-order valence-corrected chi connectivity index (χ2v) is 6.21. The van der Waals surface area contributed by atoms with Crippen LogP contribution in [-0.4, -0.2) is 33.1 Å². The molecule has 2 aromatic rings. The van der Waals surface area contributed by atoms with E-state index in [0.29, 0.717) is 6.54 Å². The summed E-state index contributed by atoms with van der Waals surface area (Å²) in [6.07, 6.45) is 0.973. The van der Waals surface area contributed by atoms with Gasteiger partial charge in [-0.3, -0.25) is 4.79 Å². The Kier molecular flexibility index (Phi) is 4.63. The fraction of sp³-hybridized carbons (Fsp3) is 0.316. The Morgan fingerprint density at radius 1 is 1.04 bits per heavy atom. The molecule has 0 fully saturated rings. The van der Waals surface area contributed by atoms with Crippen molar-refractivity contribution in [2.45, 2.75) is 12.3 Å². The van der Waals surface area contributed by atoms with E-state index >= 15 is 0 Å². The van der Waals surface area contributed by atoms with Gasteiger partial charge in [0.05, 0.1) is 26.6 Å². The highest BCUT2D eigenvalue weighted by Crippen LogP contribution is 2.43. The van der Waals surface area contributed by atoms with Crippen LogP contribution in [0.25, 0.3) is 0 Å². The molecule has 1 heterocycles. The number of hydrogen-bond acceptors (Lipinski definition) is 2. The van der Waals surface area contributed by atoms with Crippen molar-refractivity contribution in [2.75, 3.05) is 27.2 Å². The minimum Gasteiger partial charge on any atom is -0.457 e. The smallest absolute Gasteiger partial charge is 0.232 e. The third-order valence-corrected chi connectivity index (χ3v) is 4.09. The summed E-state index contributed by atoms with van der Waals surface area (Å²) in [5, 5.41) is 3.08. The highest BCUT2D eigenvalue weighted by Gasteiger charge is 2.31. The number of carbonyl (C=O) groups excluding carboxylic acids is 1. The molecular formula is C19H23N2O2+. The molecule has 0 aliphatic carbocycles. The second kappa shape index (κ2) is 6.84. The number of quaternary nitrogens is 1. The van der Waals surface area contributed by atoms with Crippen molar-refractivity contribution in [1.82, 2.24) is 5.32 Å². The van der Waals surface area contributed by atoms with Crippen LogP contribution in [0.4, 0.5) is 0 Å². The molecule has 2 aromatic carbocycles. The molecule has 0 spiro atoms. The summed E-state index contributed by atoms with van der Waals surface area (Å²) >= 11 is 0. The van der Waals surface area contributed by atoms with Crippen LogP contribution in [0.3, 0.4) is 0 Å². The number of carbonyl (C=O) groups is 1. The van der Waals surface area contributed by atoms with Crippen LogP contribution in [-0.2, 0) is 4.79 Å². The second-order valence-electron chi connectivity index (χ2n) is 6.21. The maximum atomic E-state index is 12.8. The summed E-state index contributed by atoms with van der Waals surface area (Å²) in [5.74, 6) is 1.28. The van der Waals surface area contributed by atoms with Gasteiger partial charge >= 0.3 is 0 Å². The lowest BCUT2D eigenvalue weighted by atomic mass is 9.87. The van der Waals surface area contributed by atoms with Crippen LogP contribution in [0.5, 0.6) is 11.5 Å². The number of rotatable bonds is 5. The van der Waals surface area contributed by atoms with Gasteiger partial charge in [-0.25, -0.2) is 0 Å². The van der Waals surface area contributed by atoms with Crippen molar-refractivity contribution < 1.29 is 14.4 Å². The number of ether oxygens (including phenoxy) is 1. The van der Waals surface area contributed by atoms with Gasteiger partial charge in [-0.05, 0) is 12.1 Å². The Morgan fingerprint density at radius 3 is 2.17 bits per heavy atom. The summed E-state index contributed by atoms with van der Waals surface area (Å²) in [5.41, 5.74) is 1.86. The number of para-hydroxylation sites is 2. The molecule has 0 saturated carbocycles. The molecule has 4 nitrogen and oxygen atoms in total.